The van der Waals surface area contributed by atoms with E-state index in [1.165, 1.54) is 17.7 Å². The van der Waals surface area contributed by atoms with Crippen LogP contribution in [-0.4, -0.2) is 33.4 Å². The quantitative estimate of drug-likeness (QED) is 0.893. The third kappa shape index (κ3) is 3.33. The van der Waals surface area contributed by atoms with Crippen LogP contribution >= 0.6 is 0 Å². The summed E-state index contributed by atoms with van der Waals surface area (Å²) in [5, 5.41) is 3.36. The summed E-state index contributed by atoms with van der Waals surface area (Å²) in [6, 6.07) is 9.45. The smallest absolute Gasteiger partial charge is 0.0772 e. The molecule has 1 N–H and O–H groups in total. The maximum absolute atomic E-state index is 5.60. The zero-order valence-corrected chi connectivity index (χ0v) is 13.2. The second-order valence-electron chi connectivity index (χ2n) is 5.83. The molecule has 1 aliphatic heterocycles. The van der Waals surface area contributed by atoms with Crippen molar-refractivity contribution in [2.45, 2.75) is 38.8 Å². The summed E-state index contributed by atoms with van der Waals surface area (Å²) in [6.45, 7) is 6.63. The van der Waals surface area contributed by atoms with Crippen LogP contribution in [0.25, 0.3) is 0 Å². The van der Waals surface area contributed by atoms with Gasteiger partial charge in [-0.1, -0.05) is 26.0 Å². The molecule has 3 heteroatoms. The van der Waals surface area contributed by atoms with Crippen molar-refractivity contribution in [3.63, 3.8) is 0 Å². The summed E-state index contributed by atoms with van der Waals surface area (Å²) in [5.74, 6) is 0.657. The Morgan fingerprint density at radius 3 is 2.60 bits per heavy atom. The lowest BCUT2D eigenvalue weighted by molar-refractivity contribution is 0.0498. The summed E-state index contributed by atoms with van der Waals surface area (Å²) >= 11 is 0. The maximum Gasteiger partial charge on any atom is 0.0772 e. The number of rotatable bonds is 5. The van der Waals surface area contributed by atoms with Gasteiger partial charge in [-0.3, -0.25) is 0 Å². The number of ether oxygens (including phenoxy) is 1. The average molecular weight is 276 g/mol. The lowest BCUT2D eigenvalue weighted by atomic mass is 9.95. The first-order valence-electron chi connectivity index (χ1n) is 7.74. The van der Waals surface area contributed by atoms with Gasteiger partial charge < -0.3 is 15.0 Å². The molecular weight excluding hydrogens is 248 g/mol. The zero-order valence-electron chi connectivity index (χ0n) is 13.2. The normalized spacial score (nSPS) is 24.7. The predicted octanol–water partition coefficient (Wildman–Crippen LogP) is 3.22. The molecule has 1 heterocycles. The fourth-order valence-electron chi connectivity index (χ4n) is 3.10. The largest absolute Gasteiger partial charge is 0.379 e. The third-order valence-corrected chi connectivity index (χ3v) is 4.61. The molecule has 0 amide bonds. The van der Waals surface area contributed by atoms with E-state index in [-0.39, 0.29) is 0 Å². The number of nitrogens with one attached hydrogen (secondary N) is 1. The Balaban J connectivity index is 2.06. The van der Waals surface area contributed by atoms with E-state index < -0.39 is 0 Å². The molecule has 2 rings (SSSR count). The summed E-state index contributed by atoms with van der Waals surface area (Å²) in [7, 11) is 3.85. The van der Waals surface area contributed by atoms with Gasteiger partial charge in [-0.15, -0.1) is 0 Å². The number of anilines is 1. The van der Waals surface area contributed by atoms with E-state index in [2.05, 4.69) is 48.3 Å². The van der Waals surface area contributed by atoms with Crippen LogP contribution in [0, 0.1) is 5.92 Å². The standard InChI is InChI=1S/C17H28N2O/c1-5-16(18-3)14-6-8-15(9-7-14)19-11-10-13(2)17(12-19)20-4/h6-9,13,16-18H,5,10-12H2,1-4H3. The lowest BCUT2D eigenvalue weighted by Crippen LogP contribution is -2.43. The molecular formula is C17H28N2O. The van der Waals surface area contributed by atoms with E-state index in [1.807, 2.05) is 14.2 Å². The number of benzene rings is 1. The van der Waals surface area contributed by atoms with Crippen molar-refractivity contribution in [3.05, 3.63) is 29.8 Å². The number of hydrogen-bond donors (Lipinski definition) is 1. The highest BCUT2D eigenvalue weighted by Gasteiger charge is 2.26. The van der Waals surface area contributed by atoms with Crippen molar-refractivity contribution < 1.29 is 4.74 Å². The number of hydrogen-bond acceptors (Lipinski definition) is 3. The second kappa shape index (κ2) is 7.09. The van der Waals surface area contributed by atoms with Crippen molar-refractivity contribution in [1.29, 1.82) is 0 Å². The van der Waals surface area contributed by atoms with Gasteiger partial charge in [0, 0.05) is 31.9 Å². The molecule has 1 aliphatic rings. The van der Waals surface area contributed by atoms with Crippen LogP contribution in [0.2, 0.25) is 0 Å². The van der Waals surface area contributed by atoms with Gasteiger partial charge in [0.1, 0.15) is 0 Å². The topological polar surface area (TPSA) is 24.5 Å². The summed E-state index contributed by atoms with van der Waals surface area (Å²) < 4.78 is 5.60. The number of piperidine rings is 1. The molecule has 1 saturated heterocycles. The van der Waals surface area contributed by atoms with Gasteiger partial charge in [0.05, 0.1) is 6.10 Å². The van der Waals surface area contributed by atoms with Crippen LogP contribution in [0.4, 0.5) is 5.69 Å². The van der Waals surface area contributed by atoms with Gasteiger partial charge in [-0.05, 0) is 43.5 Å². The molecule has 0 radical (unpaired) electrons. The van der Waals surface area contributed by atoms with E-state index in [1.54, 1.807) is 0 Å². The Bertz CT molecular complexity index is 400. The van der Waals surface area contributed by atoms with E-state index >= 15 is 0 Å². The van der Waals surface area contributed by atoms with Gasteiger partial charge in [0.15, 0.2) is 0 Å². The first kappa shape index (κ1) is 15.3. The molecule has 3 nitrogen and oxygen atoms in total. The second-order valence-corrected chi connectivity index (χ2v) is 5.83. The fourth-order valence-corrected chi connectivity index (χ4v) is 3.10. The third-order valence-electron chi connectivity index (χ3n) is 4.61. The molecule has 0 bridgehead atoms. The molecule has 3 unspecified atom stereocenters. The molecule has 1 aromatic rings. The Hall–Kier alpha value is -1.06. The Kier molecular flexibility index (Phi) is 5.44. The Morgan fingerprint density at radius 2 is 2.05 bits per heavy atom. The molecule has 0 spiro atoms. The molecule has 0 aromatic heterocycles. The van der Waals surface area contributed by atoms with Crippen molar-refractivity contribution in [3.8, 4) is 0 Å². The fraction of sp³-hybridized carbons (Fsp3) is 0.647. The zero-order chi connectivity index (χ0) is 14.5. The van der Waals surface area contributed by atoms with Crippen LogP contribution in [0.3, 0.4) is 0 Å². The first-order chi connectivity index (χ1) is 9.69. The van der Waals surface area contributed by atoms with Crippen molar-refractivity contribution in [2.75, 3.05) is 32.1 Å². The van der Waals surface area contributed by atoms with Gasteiger partial charge >= 0.3 is 0 Å². The lowest BCUT2D eigenvalue weighted by Gasteiger charge is -2.37. The minimum absolute atomic E-state index is 0.351. The summed E-state index contributed by atoms with van der Waals surface area (Å²) in [6.07, 6.45) is 2.67. The van der Waals surface area contributed by atoms with Crippen LogP contribution in [0.1, 0.15) is 38.3 Å². The van der Waals surface area contributed by atoms with Crippen LogP contribution in [-0.2, 0) is 4.74 Å². The SMILES string of the molecule is CCC(NC)c1ccc(N2CCC(C)C(OC)C2)cc1. The molecule has 3 atom stereocenters. The van der Waals surface area contributed by atoms with Crippen LogP contribution < -0.4 is 10.2 Å². The highest BCUT2D eigenvalue weighted by molar-refractivity contribution is 5.48. The monoisotopic (exact) mass is 276 g/mol. The van der Waals surface area contributed by atoms with Crippen molar-refractivity contribution >= 4 is 5.69 Å². The van der Waals surface area contributed by atoms with Gasteiger partial charge in [-0.25, -0.2) is 0 Å². The Labute approximate surface area is 123 Å². The van der Waals surface area contributed by atoms with Crippen LogP contribution in [0.15, 0.2) is 24.3 Å². The number of nitrogens with zero attached hydrogens (tertiary/aromatic N) is 1. The van der Waals surface area contributed by atoms with E-state index in [9.17, 15) is 0 Å². The summed E-state index contributed by atoms with van der Waals surface area (Å²) in [5.41, 5.74) is 2.68. The van der Waals surface area contributed by atoms with E-state index in [0.29, 0.717) is 18.1 Å². The van der Waals surface area contributed by atoms with Crippen molar-refractivity contribution in [2.24, 2.45) is 5.92 Å². The first-order valence-corrected chi connectivity index (χ1v) is 7.74. The highest BCUT2D eigenvalue weighted by Crippen LogP contribution is 2.26. The van der Waals surface area contributed by atoms with E-state index in [4.69, 9.17) is 4.74 Å². The van der Waals surface area contributed by atoms with E-state index in [0.717, 1.165) is 19.5 Å². The van der Waals surface area contributed by atoms with Gasteiger partial charge in [-0.2, -0.15) is 0 Å². The highest BCUT2D eigenvalue weighted by atomic mass is 16.5. The molecule has 0 saturated carbocycles. The minimum Gasteiger partial charge on any atom is -0.379 e. The maximum atomic E-state index is 5.60. The molecule has 112 valence electrons. The van der Waals surface area contributed by atoms with Crippen molar-refractivity contribution in [1.82, 2.24) is 5.32 Å². The Morgan fingerprint density at radius 1 is 1.35 bits per heavy atom. The van der Waals surface area contributed by atoms with Gasteiger partial charge in [0.2, 0.25) is 0 Å². The average Bonchev–Trinajstić information content (AvgIpc) is 2.50. The minimum atomic E-state index is 0.351. The number of methoxy groups -OCH3 is 1. The molecule has 1 fully saturated rings. The summed E-state index contributed by atoms with van der Waals surface area (Å²) in [4.78, 5) is 2.44. The predicted molar refractivity (Wildman–Crippen MR) is 85.3 cm³/mol. The molecule has 20 heavy (non-hydrogen) atoms. The molecule has 0 aliphatic carbocycles. The van der Waals surface area contributed by atoms with Crippen LogP contribution in [0.5, 0.6) is 0 Å². The molecule has 1 aromatic carbocycles. The van der Waals surface area contributed by atoms with Gasteiger partial charge in [0.25, 0.3) is 0 Å².